The molecule has 6 aliphatic rings. The van der Waals surface area contributed by atoms with Gasteiger partial charge in [0.2, 0.25) is 0 Å². The Morgan fingerprint density at radius 1 is 0.622 bits per heavy atom. The average molecular weight is 651 g/mol. The van der Waals surface area contributed by atoms with Crippen LogP contribution in [-0.4, -0.2) is 163 Å². The quantitative estimate of drug-likeness (QED) is 0.138. The third-order valence-corrected chi connectivity index (χ3v) is 10.9. The summed E-state index contributed by atoms with van der Waals surface area (Å²) < 4.78 is 36.5. The van der Waals surface area contributed by atoms with Gasteiger partial charge in [0.25, 0.3) is 0 Å². The smallest absolute Gasteiger partial charge is 0.187 e. The summed E-state index contributed by atoms with van der Waals surface area (Å²) in [6.07, 6.45) is -16.0. The molecule has 0 radical (unpaired) electrons. The summed E-state index contributed by atoms with van der Waals surface area (Å²) in [6, 6.07) is 0. The van der Waals surface area contributed by atoms with Crippen molar-refractivity contribution in [1.82, 2.24) is 0 Å². The number of aliphatic hydroxyl groups is 9. The molecule has 4 aliphatic heterocycles. The van der Waals surface area contributed by atoms with E-state index in [1.165, 1.54) is 6.92 Å². The maximum atomic E-state index is 11.0. The molecule has 45 heavy (non-hydrogen) atoms. The molecule has 21 atom stereocenters. The number of aliphatic hydroxyl groups excluding tert-OH is 9. The lowest BCUT2D eigenvalue weighted by atomic mass is 9.64. The van der Waals surface area contributed by atoms with Gasteiger partial charge in [-0.3, -0.25) is 0 Å². The molecule has 0 aromatic carbocycles. The standard InChI is InChI=1S/C30H50O15/c1-10-5-14-20-17(41-10)7-13(31)8-18(20)43-27(12-3-4-15(32)16(33)6-12)28(14)45-30-26(39)24(37)22(35)19(44-30)9-40-29-25(38)23(36)21(34)11(2)42-29/h10-39H,3-9H2,1-2H3. The summed E-state index contributed by atoms with van der Waals surface area (Å²) >= 11 is 0. The normalized spacial score (nSPS) is 57.3. The Morgan fingerprint density at radius 3 is 2.00 bits per heavy atom. The van der Waals surface area contributed by atoms with E-state index in [1.807, 2.05) is 6.92 Å². The van der Waals surface area contributed by atoms with Gasteiger partial charge >= 0.3 is 0 Å². The molecule has 2 aliphatic carbocycles. The van der Waals surface area contributed by atoms with Gasteiger partial charge in [0.15, 0.2) is 12.6 Å². The molecule has 9 N–H and O–H groups in total. The van der Waals surface area contributed by atoms with E-state index in [0.717, 1.165) is 0 Å². The van der Waals surface area contributed by atoms with Crippen LogP contribution < -0.4 is 0 Å². The van der Waals surface area contributed by atoms with Crippen LogP contribution in [0.25, 0.3) is 0 Å². The summed E-state index contributed by atoms with van der Waals surface area (Å²) in [5.74, 6) is -0.475. The molecule has 260 valence electrons. The van der Waals surface area contributed by atoms with E-state index in [2.05, 4.69) is 0 Å². The Kier molecular flexibility index (Phi) is 10.5. The minimum absolute atomic E-state index is 0.117. The van der Waals surface area contributed by atoms with Crippen molar-refractivity contribution in [1.29, 1.82) is 0 Å². The fraction of sp³-hybridized carbons (Fsp3) is 1.00. The first-order chi connectivity index (χ1) is 21.3. The fourth-order valence-corrected chi connectivity index (χ4v) is 8.48. The van der Waals surface area contributed by atoms with Gasteiger partial charge in [-0.15, -0.1) is 0 Å². The third-order valence-electron chi connectivity index (χ3n) is 10.9. The van der Waals surface area contributed by atoms with Crippen LogP contribution in [0.3, 0.4) is 0 Å². The van der Waals surface area contributed by atoms with E-state index < -0.39 is 98.5 Å². The highest BCUT2D eigenvalue weighted by molar-refractivity contribution is 5.05. The van der Waals surface area contributed by atoms with Gasteiger partial charge in [-0.25, -0.2) is 0 Å². The van der Waals surface area contributed by atoms with E-state index in [1.54, 1.807) is 0 Å². The zero-order chi connectivity index (χ0) is 32.3. The molecule has 0 bridgehead atoms. The topological polar surface area (TPSA) is 237 Å². The molecule has 4 saturated heterocycles. The second kappa shape index (κ2) is 13.7. The summed E-state index contributed by atoms with van der Waals surface area (Å²) in [4.78, 5) is 0. The van der Waals surface area contributed by atoms with Crippen LogP contribution in [0, 0.1) is 17.8 Å². The molecule has 0 aromatic rings. The van der Waals surface area contributed by atoms with Crippen LogP contribution in [0.2, 0.25) is 0 Å². The molecular weight excluding hydrogens is 600 g/mol. The molecule has 6 rings (SSSR count). The molecule has 0 amide bonds. The molecule has 21 unspecified atom stereocenters. The highest BCUT2D eigenvalue weighted by atomic mass is 16.7. The second-order valence-corrected chi connectivity index (χ2v) is 14.1. The van der Waals surface area contributed by atoms with Gasteiger partial charge in [0.05, 0.1) is 61.5 Å². The van der Waals surface area contributed by atoms with Gasteiger partial charge in [0.1, 0.15) is 42.7 Å². The van der Waals surface area contributed by atoms with Crippen LogP contribution in [0.1, 0.15) is 52.4 Å². The molecule has 0 spiro atoms. The van der Waals surface area contributed by atoms with E-state index >= 15 is 0 Å². The van der Waals surface area contributed by atoms with Crippen LogP contribution in [0.5, 0.6) is 0 Å². The molecular formula is C30H50O15. The highest BCUT2D eigenvalue weighted by Crippen LogP contribution is 2.50. The van der Waals surface area contributed by atoms with E-state index in [0.29, 0.717) is 32.1 Å². The summed E-state index contributed by atoms with van der Waals surface area (Å²) in [6.45, 7) is 3.03. The largest absolute Gasteiger partial charge is 0.393 e. The molecule has 15 nitrogen and oxygen atoms in total. The fourth-order valence-electron chi connectivity index (χ4n) is 8.48. The van der Waals surface area contributed by atoms with Crippen molar-refractivity contribution in [3.63, 3.8) is 0 Å². The summed E-state index contributed by atoms with van der Waals surface area (Å²) in [5, 5.41) is 94.4. The lowest BCUT2D eigenvalue weighted by Crippen LogP contribution is -2.66. The first kappa shape index (κ1) is 34.3. The van der Waals surface area contributed by atoms with Crippen LogP contribution in [-0.2, 0) is 28.4 Å². The second-order valence-electron chi connectivity index (χ2n) is 14.1. The first-order valence-electron chi connectivity index (χ1n) is 16.4. The molecule has 4 heterocycles. The van der Waals surface area contributed by atoms with Crippen molar-refractivity contribution in [3.8, 4) is 0 Å². The van der Waals surface area contributed by atoms with Gasteiger partial charge in [-0.1, -0.05) is 0 Å². The minimum atomic E-state index is -1.69. The lowest BCUT2D eigenvalue weighted by Gasteiger charge is -2.58. The molecule has 0 aromatic heterocycles. The van der Waals surface area contributed by atoms with Crippen molar-refractivity contribution in [2.75, 3.05) is 6.61 Å². The number of hydrogen-bond donors (Lipinski definition) is 9. The van der Waals surface area contributed by atoms with E-state index in [-0.39, 0.29) is 42.5 Å². The monoisotopic (exact) mass is 650 g/mol. The van der Waals surface area contributed by atoms with Crippen LogP contribution in [0.15, 0.2) is 0 Å². The lowest BCUT2D eigenvalue weighted by molar-refractivity contribution is -0.358. The number of rotatable bonds is 6. The first-order valence-corrected chi connectivity index (χ1v) is 16.4. The van der Waals surface area contributed by atoms with Gasteiger partial charge in [-0.2, -0.15) is 0 Å². The maximum absolute atomic E-state index is 11.0. The highest BCUT2D eigenvalue weighted by Gasteiger charge is 2.58. The van der Waals surface area contributed by atoms with Crippen molar-refractivity contribution in [3.05, 3.63) is 0 Å². The SMILES string of the molecule is CC1CC2C(OC3OC(COC4OC(C)C(O)C(O)C4O)C(O)C(O)C3O)C(C3CCC(O)C(O)C3)OC3CC(O)CC(O1)C32. The Hall–Kier alpha value is -0.600. The summed E-state index contributed by atoms with van der Waals surface area (Å²) in [7, 11) is 0. The average Bonchev–Trinajstić information content (AvgIpc) is 2.99. The number of ether oxygens (including phenoxy) is 6. The van der Waals surface area contributed by atoms with E-state index in [9.17, 15) is 46.0 Å². The predicted octanol–water partition coefficient (Wildman–Crippen LogP) is -3.12. The van der Waals surface area contributed by atoms with Gasteiger partial charge in [0, 0.05) is 5.92 Å². The Morgan fingerprint density at radius 2 is 1.29 bits per heavy atom. The summed E-state index contributed by atoms with van der Waals surface area (Å²) in [5.41, 5.74) is 0. The Labute approximate surface area is 261 Å². The number of hydrogen-bond acceptors (Lipinski definition) is 15. The zero-order valence-electron chi connectivity index (χ0n) is 25.5. The van der Waals surface area contributed by atoms with Crippen molar-refractivity contribution < 1.29 is 74.4 Å². The predicted molar refractivity (Wildman–Crippen MR) is 149 cm³/mol. The van der Waals surface area contributed by atoms with Gasteiger partial charge in [-0.05, 0) is 64.2 Å². The molecule has 6 fully saturated rings. The van der Waals surface area contributed by atoms with Crippen LogP contribution >= 0.6 is 0 Å². The third kappa shape index (κ3) is 6.70. The Balaban J connectivity index is 1.22. The minimum Gasteiger partial charge on any atom is -0.393 e. The van der Waals surface area contributed by atoms with Crippen LogP contribution in [0.4, 0.5) is 0 Å². The van der Waals surface area contributed by atoms with Crippen molar-refractivity contribution in [2.24, 2.45) is 17.8 Å². The molecule has 15 heteroatoms. The Bertz CT molecular complexity index is 989. The van der Waals surface area contributed by atoms with Crippen molar-refractivity contribution >= 4 is 0 Å². The van der Waals surface area contributed by atoms with Gasteiger partial charge < -0.3 is 74.4 Å². The van der Waals surface area contributed by atoms with E-state index in [4.69, 9.17) is 28.4 Å². The van der Waals surface area contributed by atoms with Crippen molar-refractivity contribution in [2.45, 2.75) is 163 Å². The maximum Gasteiger partial charge on any atom is 0.187 e. The molecule has 2 saturated carbocycles. The zero-order valence-corrected chi connectivity index (χ0v) is 25.5.